The fourth-order valence-corrected chi connectivity index (χ4v) is 2.97. The highest BCUT2D eigenvalue weighted by Crippen LogP contribution is 2.26. The van der Waals surface area contributed by atoms with Crippen molar-refractivity contribution in [1.82, 2.24) is 0 Å². The van der Waals surface area contributed by atoms with Gasteiger partial charge < -0.3 is 14.3 Å². The second-order valence-corrected chi connectivity index (χ2v) is 8.80. The number of carbonyl (C=O) groups is 3. The molecule has 0 N–H and O–H groups in total. The molecule has 2 aromatic rings. The highest BCUT2D eigenvalue weighted by molar-refractivity contribution is 8.00. The van der Waals surface area contributed by atoms with Gasteiger partial charge in [-0.1, -0.05) is 18.2 Å². The number of anilines is 1. The van der Waals surface area contributed by atoms with E-state index < -0.39 is 28.7 Å². The molecule has 1 amide bonds. The molecule has 0 heterocycles. The van der Waals surface area contributed by atoms with E-state index in [2.05, 4.69) is 0 Å². The SMILES string of the molecule is COC(=O)N(OC(=O)C(C)Sc1ccccc1)c1ccc(OC(=O)C(C)(C)C)cc1. The number of amides is 1. The molecular weight excluding hydrogens is 406 g/mol. The minimum atomic E-state index is -0.861. The van der Waals surface area contributed by atoms with Gasteiger partial charge in [0.25, 0.3) is 0 Å². The van der Waals surface area contributed by atoms with Crippen molar-refractivity contribution in [3.05, 3.63) is 54.6 Å². The zero-order chi connectivity index (χ0) is 22.3. The fraction of sp³-hybridized carbons (Fsp3) is 0.318. The molecule has 0 aliphatic carbocycles. The smallest absolute Gasteiger partial charge is 0.447 e. The standard InChI is InChI=1S/C22H25NO6S/c1-15(30-18-9-7-6-8-10-18)19(24)29-23(21(26)27-5)16-11-13-17(14-12-16)28-20(25)22(2,3)4/h6-15H,1-5H3. The first-order chi connectivity index (χ1) is 14.1. The Balaban J connectivity index is 2.10. The molecular formula is C22H25NO6S. The third-order valence-electron chi connectivity index (χ3n) is 3.80. The number of thioether (sulfide) groups is 1. The topological polar surface area (TPSA) is 82.1 Å². The monoisotopic (exact) mass is 431 g/mol. The summed E-state index contributed by atoms with van der Waals surface area (Å²) in [6.07, 6.45) is -0.861. The van der Waals surface area contributed by atoms with Crippen LogP contribution >= 0.6 is 11.8 Å². The van der Waals surface area contributed by atoms with Crippen LogP contribution in [-0.2, 0) is 19.2 Å². The van der Waals surface area contributed by atoms with Crippen LogP contribution in [0.2, 0.25) is 0 Å². The third kappa shape index (κ3) is 6.52. The molecule has 0 spiro atoms. The maximum atomic E-state index is 12.5. The zero-order valence-corrected chi connectivity index (χ0v) is 18.4. The van der Waals surface area contributed by atoms with E-state index in [1.54, 1.807) is 27.7 Å². The van der Waals surface area contributed by atoms with E-state index in [1.165, 1.54) is 43.1 Å². The lowest BCUT2D eigenvalue weighted by Crippen LogP contribution is -2.36. The van der Waals surface area contributed by atoms with Crippen LogP contribution in [-0.4, -0.2) is 30.4 Å². The molecule has 1 unspecified atom stereocenters. The highest BCUT2D eigenvalue weighted by Gasteiger charge is 2.27. The van der Waals surface area contributed by atoms with Crippen molar-refractivity contribution >= 4 is 35.5 Å². The van der Waals surface area contributed by atoms with Crippen molar-refractivity contribution in [2.75, 3.05) is 12.2 Å². The number of hydroxylamine groups is 1. The van der Waals surface area contributed by atoms with Crippen molar-refractivity contribution in [1.29, 1.82) is 0 Å². The number of benzene rings is 2. The molecule has 7 nitrogen and oxygen atoms in total. The van der Waals surface area contributed by atoms with Gasteiger partial charge in [0, 0.05) is 4.90 Å². The normalized spacial score (nSPS) is 11.9. The van der Waals surface area contributed by atoms with Crippen molar-refractivity contribution in [3.63, 3.8) is 0 Å². The van der Waals surface area contributed by atoms with E-state index in [9.17, 15) is 14.4 Å². The van der Waals surface area contributed by atoms with Crippen molar-refractivity contribution in [2.45, 2.75) is 37.8 Å². The van der Waals surface area contributed by atoms with Crippen LogP contribution in [0.1, 0.15) is 27.7 Å². The molecule has 2 rings (SSSR count). The predicted octanol–water partition coefficient (Wildman–Crippen LogP) is 4.85. The van der Waals surface area contributed by atoms with Gasteiger partial charge in [-0.2, -0.15) is 0 Å². The first-order valence-electron chi connectivity index (χ1n) is 9.25. The van der Waals surface area contributed by atoms with Crippen LogP contribution in [0.5, 0.6) is 5.75 Å². The predicted molar refractivity (Wildman–Crippen MR) is 114 cm³/mol. The highest BCUT2D eigenvalue weighted by atomic mass is 32.2. The second-order valence-electron chi connectivity index (χ2n) is 7.38. The van der Waals surface area contributed by atoms with Crippen LogP contribution in [0.15, 0.2) is 59.5 Å². The number of carbonyl (C=O) groups excluding carboxylic acids is 3. The maximum absolute atomic E-state index is 12.5. The van der Waals surface area contributed by atoms with Gasteiger partial charge in [0.15, 0.2) is 0 Å². The van der Waals surface area contributed by atoms with Gasteiger partial charge >= 0.3 is 18.0 Å². The van der Waals surface area contributed by atoms with Gasteiger partial charge in [0.1, 0.15) is 11.0 Å². The minimum Gasteiger partial charge on any atom is -0.450 e. The number of rotatable bonds is 5. The van der Waals surface area contributed by atoms with E-state index in [0.717, 1.165) is 9.96 Å². The average Bonchev–Trinajstić information content (AvgIpc) is 2.72. The lowest BCUT2D eigenvalue weighted by atomic mass is 9.97. The van der Waals surface area contributed by atoms with Gasteiger partial charge in [0.05, 0.1) is 18.2 Å². The van der Waals surface area contributed by atoms with E-state index in [4.69, 9.17) is 14.3 Å². The number of hydrogen-bond acceptors (Lipinski definition) is 7. The summed E-state index contributed by atoms with van der Waals surface area (Å²) in [6, 6.07) is 15.4. The lowest BCUT2D eigenvalue weighted by Gasteiger charge is -2.22. The quantitative estimate of drug-likeness (QED) is 0.290. The average molecular weight is 432 g/mol. The Bertz CT molecular complexity index is 877. The molecule has 1 atom stereocenters. The summed E-state index contributed by atoms with van der Waals surface area (Å²) in [4.78, 5) is 42.9. The largest absolute Gasteiger partial charge is 0.450 e. The Morgan fingerprint density at radius 1 is 0.967 bits per heavy atom. The summed E-state index contributed by atoms with van der Waals surface area (Å²) < 4.78 is 10.0. The molecule has 30 heavy (non-hydrogen) atoms. The number of ether oxygens (including phenoxy) is 2. The molecule has 0 saturated heterocycles. The number of hydrogen-bond donors (Lipinski definition) is 0. The van der Waals surface area contributed by atoms with Crippen LogP contribution in [0.4, 0.5) is 10.5 Å². The molecule has 0 saturated carbocycles. The van der Waals surface area contributed by atoms with Gasteiger partial charge in [-0.15, -0.1) is 16.8 Å². The van der Waals surface area contributed by atoms with Gasteiger partial charge in [-0.05, 0) is 64.1 Å². The van der Waals surface area contributed by atoms with E-state index in [1.807, 2.05) is 30.3 Å². The van der Waals surface area contributed by atoms with Crippen LogP contribution in [0, 0.1) is 5.41 Å². The summed E-state index contributed by atoms with van der Waals surface area (Å²) in [5.41, 5.74) is -0.401. The Morgan fingerprint density at radius 3 is 2.10 bits per heavy atom. The van der Waals surface area contributed by atoms with E-state index in [0.29, 0.717) is 5.75 Å². The summed E-state index contributed by atoms with van der Waals surface area (Å²) in [5.74, 6) is -0.696. The van der Waals surface area contributed by atoms with Crippen molar-refractivity contribution < 1.29 is 28.7 Å². The summed E-state index contributed by atoms with van der Waals surface area (Å²) >= 11 is 1.31. The lowest BCUT2D eigenvalue weighted by molar-refractivity contribution is -0.143. The Morgan fingerprint density at radius 2 is 1.57 bits per heavy atom. The van der Waals surface area contributed by atoms with Crippen LogP contribution in [0.3, 0.4) is 0 Å². The fourth-order valence-electron chi connectivity index (χ4n) is 2.10. The van der Waals surface area contributed by atoms with Crippen LogP contribution in [0.25, 0.3) is 0 Å². The number of esters is 1. The summed E-state index contributed by atoms with van der Waals surface area (Å²) in [7, 11) is 1.19. The third-order valence-corrected chi connectivity index (χ3v) is 4.89. The van der Waals surface area contributed by atoms with Crippen molar-refractivity contribution in [2.24, 2.45) is 5.41 Å². The van der Waals surface area contributed by atoms with E-state index >= 15 is 0 Å². The Labute approximate surface area is 180 Å². The molecule has 0 bridgehead atoms. The molecule has 0 aromatic heterocycles. The molecule has 0 fully saturated rings. The maximum Gasteiger partial charge on any atom is 0.447 e. The minimum absolute atomic E-state index is 0.252. The second kappa shape index (κ2) is 10.2. The molecule has 8 heteroatoms. The summed E-state index contributed by atoms with van der Waals surface area (Å²) in [6.45, 7) is 6.93. The van der Waals surface area contributed by atoms with Crippen LogP contribution < -0.4 is 9.80 Å². The molecule has 0 radical (unpaired) electrons. The van der Waals surface area contributed by atoms with E-state index in [-0.39, 0.29) is 5.69 Å². The molecule has 0 aliphatic rings. The summed E-state index contributed by atoms with van der Waals surface area (Å²) in [5, 5.41) is 0.200. The molecule has 0 aliphatic heterocycles. The first kappa shape index (κ1) is 23.3. The molecule has 2 aromatic carbocycles. The molecule has 160 valence electrons. The Hall–Kier alpha value is -3.00. The van der Waals surface area contributed by atoms with Gasteiger partial charge in [-0.3, -0.25) is 4.79 Å². The number of nitrogens with zero attached hydrogens (tertiary/aromatic N) is 1. The number of methoxy groups -OCH3 is 1. The van der Waals surface area contributed by atoms with Gasteiger partial charge in [-0.25, -0.2) is 9.59 Å². The zero-order valence-electron chi connectivity index (χ0n) is 17.6. The van der Waals surface area contributed by atoms with Crippen molar-refractivity contribution in [3.8, 4) is 5.75 Å². The van der Waals surface area contributed by atoms with Gasteiger partial charge in [0.2, 0.25) is 0 Å². The Kier molecular flexibility index (Phi) is 7.88. The first-order valence-corrected chi connectivity index (χ1v) is 10.1.